The van der Waals surface area contributed by atoms with Crippen molar-refractivity contribution in [3.05, 3.63) is 41.1 Å². The first-order valence-electron chi connectivity index (χ1n) is 10.2. The summed E-state index contributed by atoms with van der Waals surface area (Å²) in [6.45, 7) is 4.39. The second kappa shape index (κ2) is 9.18. The smallest absolute Gasteiger partial charge is 0.315 e. The third-order valence-electron chi connectivity index (χ3n) is 5.53. The number of hydrogen-bond donors (Lipinski definition) is 0. The molecule has 2 atom stereocenters. The second-order valence-corrected chi connectivity index (χ2v) is 7.50. The topological polar surface area (TPSA) is 65.0 Å². The van der Waals surface area contributed by atoms with E-state index in [4.69, 9.17) is 9.47 Å². The van der Waals surface area contributed by atoms with E-state index in [9.17, 15) is 9.59 Å². The van der Waals surface area contributed by atoms with E-state index in [1.807, 2.05) is 31.2 Å². The fourth-order valence-electron chi connectivity index (χ4n) is 4.12. The highest BCUT2D eigenvalue weighted by Crippen LogP contribution is 2.44. The highest BCUT2D eigenvalue weighted by molar-refractivity contribution is 6.08. The average molecular weight is 383 g/mol. The molecule has 0 fully saturated rings. The second-order valence-electron chi connectivity index (χ2n) is 7.50. The van der Waals surface area contributed by atoms with Gasteiger partial charge < -0.3 is 9.47 Å². The van der Waals surface area contributed by atoms with E-state index in [1.54, 1.807) is 7.11 Å². The average Bonchev–Trinajstić information content (AvgIpc) is 2.70. The minimum atomic E-state index is -0.575. The van der Waals surface area contributed by atoms with Gasteiger partial charge in [-0.2, -0.15) is 0 Å². The van der Waals surface area contributed by atoms with Crippen molar-refractivity contribution in [3.63, 3.8) is 0 Å². The van der Waals surface area contributed by atoms with Crippen molar-refractivity contribution in [3.8, 4) is 5.75 Å². The predicted octanol–water partition coefficient (Wildman–Crippen LogP) is 4.61. The molecule has 0 bridgehead atoms. The molecule has 1 aliphatic heterocycles. The Hall–Kier alpha value is -2.43. The molecule has 1 aromatic rings. The van der Waals surface area contributed by atoms with Crippen LogP contribution < -0.4 is 4.74 Å². The van der Waals surface area contributed by atoms with Crippen molar-refractivity contribution in [2.45, 2.75) is 58.3 Å². The van der Waals surface area contributed by atoms with Crippen LogP contribution in [0.2, 0.25) is 0 Å². The van der Waals surface area contributed by atoms with Gasteiger partial charge in [0.15, 0.2) is 5.78 Å². The molecule has 1 heterocycles. The van der Waals surface area contributed by atoms with Crippen LogP contribution in [-0.4, -0.2) is 31.2 Å². The number of ether oxygens (including phenoxy) is 2. The van der Waals surface area contributed by atoms with Crippen LogP contribution in [0.25, 0.3) is 0 Å². The number of allylic oxidation sites excluding steroid dienone is 2. The number of ketones is 1. The number of benzene rings is 1. The van der Waals surface area contributed by atoms with Gasteiger partial charge in [0.25, 0.3) is 0 Å². The van der Waals surface area contributed by atoms with Gasteiger partial charge in [-0.1, -0.05) is 31.9 Å². The first-order valence-corrected chi connectivity index (χ1v) is 10.2. The minimum absolute atomic E-state index is 0.0918. The fraction of sp³-hybridized carbons (Fsp3) is 0.522. The zero-order chi connectivity index (χ0) is 20.1. The van der Waals surface area contributed by atoms with Crippen molar-refractivity contribution in [1.82, 2.24) is 0 Å². The Morgan fingerprint density at radius 1 is 1.25 bits per heavy atom. The Labute approximate surface area is 166 Å². The Morgan fingerprint density at radius 2 is 2.07 bits per heavy atom. The quantitative estimate of drug-likeness (QED) is 0.509. The summed E-state index contributed by atoms with van der Waals surface area (Å²) in [5.41, 5.74) is 3.13. The summed E-state index contributed by atoms with van der Waals surface area (Å²) in [4.78, 5) is 30.5. The van der Waals surface area contributed by atoms with E-state index in [1.165, 1.54) is 0 Å². The number of nitrogens with zero attached hydrogens (tertiary/aromatic N) is 1. The normalized spacial score (nSPS) is 21.8. The molecule has 150 valence electrons. The summed E-state index contributed by atoms with van der Waals surface area (Å²) in [7, 11) is 1.61. The zero-order valence-corrected chi connectivity index (χ0v) is 17.0. The molecule has 0 aromatic heterocycles. The van der Waals surface area contributed by atoms with Crippen LogP contribution in [0.5, 0.6) is 5.75 Å². The van der Waals surface area contributed by atoms with Crippen LogP contribution in [0.15, 0.2) is 40.5 Å². The molecule has 0 saturated heterocycles. The van der Waals surface area contributed by atoms with E-state index in [0.717, 1.165) is 49.1 Å². The molecular formula is C23H29NO4. The van der Waals surface area contributed by atoms with E-state index in [-0.39, 0.29) is 17.7 Å². The molecule has 0 radical (unpaired) electrons. The maximum atomic E-state index is 13.0. The molecule has 1 aromatic carbocycles. The molecule has 5 nitrogen and oxygen atoms in total. The van der Waals surface area contributed by atoms with Gasteiger partial charge >= 0.3 is 5.97 Å². The number of carbonyl (C=O) groups is 2. The van der Waals surface area contributed by atoms with Crippen LogP contribution in [0.4, 0.5) is 0 Å². The number of aliphatic imine (C=N–C) groups is 1. The molecule has 1 unspecified atom stereocenters. The number of rotatable bonds is 7. The molecule has 2 aliphatic rings. The van der Waals surface area contributed by atoms with Gasteiger partial charge in [-0.05, 0) is 43.9 Å². The molecular weight excluding hydrogens is 354 g/mol. The lowest BCUT2D eigenvalue weighted by atomic mass is 9.72. The molecule has 3 rings (SSSR count). The summed E-state index contributed by atoms with van der Waals surface area (Å²) >= 11 is 0. The van der Waals surface area contributed by atoms with Crippen LogP contribution in [0, 0.1) is 5.92 Å². The third kappa shape index (κ3) is 4.18. The van der Waals surface area contributed by atoms with Crippen molar-refractivity contribution in [1.29, 1.82) is 0 Å². The summed E-state index contributed by atoms with van der Waals surface area (Å²) < 4.78 is 11.0. The third-order valence-corrected chi connectivity index (χ3v) is 5.53. The number of methoxy groups -OCH3 is 1. The van der Waals surface area contributed by atoms with Crippen molar-refractivity contribution in [2.24, 2.45) is 10.9 Å². The fourth-order valence-corrected chi connectivity index (χ4v) is 4.12. The standard InChI is InChI=1S/C23H29NO4/c1-4-5-6-13-28-23(26)20-15(2)24-18-11-8-12-19(25)22(18)21(20)16-9-7-10-17(14-16)27-3/h7,9-10,14,20-21H,4-6,8,11-13H2,1-3H3/t20?,21-/m1/s1. The monoisotopic (exact) mass is 383 g/mol. The Balaban J connectivity index is 1.99. The van der Waals surface area contributed by atoms with E-state index in [0.29, 0.717) is 24.4 Å². The van der Waals surface area contributed by atoms with Crippen molar-refractivity contribution in [2.75, 3.05) is 13.7 Å². The summed E-state index contributed by atoms with van der Waals surface area (Å²) in [5, 5.41) is 0. The summed E-state index contributed by atoms with van der Waals surface area (Å²) in [5.74, 6) is -0.439. The highest BCUT2D eigenvalue weighted by atomic mass is 16.5. The zero-order valence-electron chi connectivity index (χ0n) is 17.0. The van der Waals surface area contributed by atoms with Crippen LogP contribution in [0.1, 0.15) is 63.9 Å². The van der Waals surface area contributed by atoms with Gasteiger partial charge in [-0.3, -0.25) is 14.6 Å². The maximum Gasteiger partial charge on any atom is 0.315 e. The lowest BCUT2D eigenvalue weighted by Gasteiger charge is -2.34. The lowest BCUT2D eigenvalue weighted by Crippen LogP contribution is -2.37. The van der Waals surface area contributed by atoms with E-state index >= 15 is 0 Å². The molecule has 0 amide bonds. The number of esters is 1. The largest absolute Gasteiger partial charge is 0.497 e. The van der Waals surface area contributed by atoms with Crippen molar-refractivity contribution < 1.29 is 19.1 Å². The summed E-state index contributed by atoms with van der Waals surface area (Å²) in [6.07, 6.45) is 5.04. The van der Waals surface area contributed by atoms with Gasteiger partial charge in [-0.15, -0.1) is 0 Å². The molecule has 0 N–H and O–H groups in total. The van der Waals surface area contributed by atoms with Gasteiger partial charge in [0.1, 0.15) is 11.7 Å². The SMILES string of the molecule is CCCCCOC(=O)C1C(C)=NC2=C(C(=O)CCC2)[C@@H]1c1cccc(OC)c1. The number of carbonyl (C=O) groups excluding carboxylic acids is 2. The maximum absolute atomic E-state index is 13.0. The molecule has 1 aliphatic carbocycles. The van der Waals surface area contributed by atoms with Crippen LogP contribution in [-0.2, 0) is 14.3 Å². The van der Waals surface area contributed by atoms with Gasteiger partial charge in [0.2, 0.25) is 0 Å². The molecule has 0 spiro atoms. The predicted molar refractivity (Wildman–Crippen MR) is 109 cm³/mol. The highest BCUT2D eigenvalue weighted by Gasteiger charge is 2.43. The van der Waals surface area contributed by atoms with Crippen LogP contribution >= 0.6 is 0 Å². The first kappa shape index (κ1) is 20.3. The first-order chi connectivity index (χ1) is 13.6. The van der Waals surface area contributed by atoms with Crippen molar-refractivity contribution >= 4 is 17.5 Å². The Kier molecular flexibility index (Phi) is 6.65. The molecule has 28 heavy (non-hydrogen) atoms. The number of unbranched alkanes of at least 4 members (excludes halogenated alkanes) is 2. The Morgan fingerprint density at radius 3 is 2.82 bits per heavy atom. The molecule has 5 heteroatoms. The molecule has 0 saturated carbocycles. The number of hydrogen-bond acceptors (Lipinski definition) is 5. The van der Waals surface area contributed by atoms with Gasteiger partial charge in [0, 0.05) is 29.3 Å². The van der Waals surface area contributed by atoms with Gasteiger partial charge in [0.05, 0.1) is 13.7 Å². The van der Waals surface area contributed by atoms with Gasteiger partial charge in [-0.25, -0.2) is 0 Å². The van der Waals surface area contributed by atoms with E-state index in [2.05, 4.69) is 11.9 Å². The lowest BCUT2D eigenvalue weighted by molar-refractivity contribution is -0.146. The minimum Gasteiger partial charge on any atom is -0.497 e. The number of Topliss-reactive ketones (excluding diaryl/α,β-unsaturated/α-hetero) is 1. The van der Waals surface area contributed by atoms with Crippen LogP contribution in [0.3, 0.4) is 0 Å². The Bertz CT molecular complexity index is 809. The summed E-state index contributed by atoms with van der Waals surface area (Å²) in [6, 6.07) is 7.62. The van der Waals surface area contributed by atoms with E-state index < -0.39 is 5.92 Å².